The molecule has 1 aromatic carbocycles. The number of hydrogen-bond donors (Lipinski definition) is 1. The molecular weight excluding hydrogens is 316 g/mol. The van der Waals surface area contributed by atoms with Gasteiger partial charge < -0.3 is 10.6 Å². The van der Waals surface area contributed by atoms with Gasteiger partial charge in [0, 0.05) is 30.5 Å². The standard InChI is InChI=1S/C13H19BrN2O.ClH/c1-10(15)7-8-13(17)16(2)9-11-5-3-4-6-12(11)14;/h3-6,10H,7-9,15H2,1-2H3;1H. The molecule has 5 heteroatoms. The van der Waals surface area contributed by atoms with Gasteiger partial charge in [-0.15, -0.1) is 12.4 Å². The monoisotopic (exact) mass is 334 g/mol. The number of nitrogens with zero attached hydrogens (tertiary/aromatic N) is 1. The van der Waals surface area contributed by atoms with Gasteiger partial charge >= 0.3 is 0 Å². The van der Waals surface area contributed by atoms with Crippen LogP contribution in [0.4, 0.5) is 0 Å². The zero-order valence-corrected chi connectivity index (χ0v) is 13.1. The van der Waals surface area contributed by atoms with Crippen molar-refractivity contribution in [3.05, 3.63) is 34.3 Å². The highest BCUT2D eigenvalue weighted by atomic mass is 79.9. The predicted molar refractivity (Wildman–Crippen MR) is 80.7 cm³/mol. The van der Waals surface area contributed by atoms with E-state index >= 15 is 0 Å². The van der Waals surface area contributed by atoms with E-state index in [4.69, 9.17) is 5.73 Å². The van der Waals surface area contributed by atoms with Crippen LogP contribution in [0, 0.1) is 0 Å². The lowest BCUT2D eigenvalue weighted by molar-refractivity contribution is -0.130. The molecule has 0 aliphatic heterocycles. The first-order chi connectivity index (χ1) is 8.00. The zero-order valence-electron chi connectivity index (χ0n) is 10.7. The number of amides is 1. The molecule has 0 heterocycles. The Balaban J connectivity index is 0.00000289. The van der Waals surface area contributed by atoms with Crippen LogP contribution in [0.2, 0.25) is 0 Å². The molecule has 1 amide bonds. The third kappa shape index (κ3) is 5.85. The second-order valence-electron chi connectivity index (χ2n) is 4.36. The molecule has 0 radical (unpaired) electrons. The maximum absolute atomic E-state index is 11.8. The van der Waals surface area contributed by atoms with E-state index in [9.17, 15) is 4.79 Å². The maximum Gasteiger partial charge on any atom is 0.222 e. The Kier molecular flexibility index (Phi) is 8.24. The number of benzene rings is 1. The average Bonchev–Trinajstić information content (AvgIpc) is 2.28. The predicted octanol–water partition coefficient (Wildman–Crippen LogP) is 2.96. The first-order valence-corrected chi connectivity index (χ1v) is 6.53. The van der Waals surface area contributed by atoms with E-state index in [1.807, 2.05) is 38.2 Å². The van der Waals surface area contributed by atoms with Crippen LogP contribution in [0.5, 0.6) is 0 Å². The van der Waals surface area contributed by atoms with Gasteiger partial charge in [-0.3, -0.25) is 4.79 Å². The summed E-state index contributed by atoms with van der Waals surface area (Å²) in [6.45, 7) is 2.54. The average molecular weight is 336 g/mol. The van der Waals surface area contributed by atoms with Gasteiger partial charge in [-0.2, -0.15) is 0 Å². The van der Waals surface area contributed by atoms with Crippen molar-refractivity contribution in [1.82, 2.24) is 4.90 Å². The van der Waals surface area contributed by atoms with Gasteiger partial charge in [0.15, 0.2) is 0 Å². The molecule has 0 aliphatic rings. The van der Waals surface area contributed by atoms with E-state index in [1.54, 1.807) is 4.90 Å². The van der Waals surface area contributed by atoms with Crippen molar-refractivity contribution in [1.29, 1.82) is 0 Å². The number of carbonyl (C=O) groups is 1. The highest BCUT2D eigenvalue weighted by Crippen LogP contribution is 2.17. The Morgan fingerprint density at radius 2 is 2.06 bits per heavy atom. The molecule has 102 valence electrons. The van der Waals surface area contributed by atoms with Crippen molar-refractivity contribution in [2.75, 3.05) is 7.05 Å². The van der Waals surface area contributed by atoms with E-state index in [2.05, 4.69) is 15.9 Å². The molecule has 1 aromatic rings. The van der Waals surface area contributed by atoms with Crippen LogP contribution in [0.3, 0.4) is 0 Å². The Bertz CT molecular complexity index is 385. The molecule has 0 aromatic heterocycles. The zero-order chi connectivity index (χ0) is 12.8. The minimum atomic E-state index is 0. The Hall–Kier alpha value is -0.580. The SMILES string of the molecule is CC(N)CCC(=O)N(C)Cc1ccccc1Br.Cl. The van der Waals surface area contributed by atoms with Crippen molar-refractivity contribution >= 4 is 34.2 Å². The molecule has 0 spiro atoms. The topological polar surface area (TPSA) is 46.3 Å². The minimum Gasteiger partial charge on any atom is -0.341 e. The summed E-state index contributed by atoms with van der Waals surface area (Å²) in [5, 5.41) is 0. The summed E-state index contributed by atoms with van der Waals surface area (Å²) in [5.41, 5.74) is 6.75. The first kappa shape index (κ1) is 17.4. The fourth-order valence-electron chi connectivity index (χ4n) is 1.51. The lowest BCUT2D eigenvalue weighted by Gasteiger charge is -2.18. The summed E-state index contributed by atoms with van der Waals surface area (Å²) in [4.78, 5) is 13.6. The third-order valence-electron chi connectivity index (χ3n) is 2.60. The lowest BCUT2D eigenvalue weighted by Crippen LogP contribution is -2.28. The Morgan fingerprint density at radius 1 is 1.44 bits per heavy atom. The molecule has 1 unspecified atom stereocenters. The van der Waals surface area contributed by atoms with Gasteiger partial charge in [-0.25, -0.2) is 0 Å². The summed E-state index contributed by atoms with van der Waals surface area (Å²) < 4.78 is 1.03. The number of carbonyl (C=O) groups excluding carboxylic acids is 1. The molecule has 2 N–H and O–H groups in total. The molecule has 0 bridgehead atoms. The number of rotatable bonds is 5. The van der Waals surface area contributed by atoms with E-state index in [0.717, 1.165) is 16.5 Å². The van der Waals surface area contributed by atoms with Crippen molar-refractivity contribution in [3.8, 4) is 0 Å². The van der Waals surface area contributed by atoms with E-state index in [0.29, 0.717) is 13.0 Å². The van der Waals surface area contributed by atoms with Gasteiger partial charge in [-0.1, -0.05) is 34.1 Å². The highest BCUT2D eigenvalue weighted by Gasteiger charge is 2.11. The van der Waals surface area contributed by atoms with Gasteiger partial charge in [-0.05, 0) is 25.0 Å². The number of nitrogens with two attached hydrogens (primary N) is 1. The summed E-state index contributed by atoms with van der Waals surface area (Å²) in [7, 11) is 1.82. The van der Waals surface area contributed by atoms with Crippen LogP contribution in [0.1, 0.15) is 25.3 Å². The van der Waals surface area contributed by atoms with Crippen molar-refractivity contribution in [2.45, 2.75) is 32.4 Å². The van der Waals surface area contributed by atoms with Gasteiger partial charge in [0.1, 0.15) is 0 Å². The van der Waals surface area contributed by atoms with Crippen LogP contribution in [-0.4, -0.2) is 23.9 Å². The summed E-state index contributed by atoms with van der Waals surface area (Å²) >= 11 is 3.48. The molecule has 18 heavy (non-hydrogen) atoms. The highest BCUT2D eigenvalue weighted by molar-refractivity contribution is 9.10. The third-order valence-corrected chi connectivity index (χ3v) is 3.38. The Morgan fingerprint density at radius 3 is 2.61 bits per heavy atom. The molecular formula is C13H20BrClN2O. The van der Waals surface area contributed by atoms with Crippen LogP contribution >= 0.6 is 28.3 Å². The van der Waals surface area contributed by atoms with E-state index in [1.165, 1.54) is 0 Å². The summed E-state index contributed by atoms with van der Waals surface area (Å²) in [6.07, 6.45) is 1.25. The fraction of sp³-hybridized carbons (Fsp3) is 0.462. The molecule has 3 nitrogen and oxygen atoms in total. The first-order valence-electron chi connectivity index (χ1n) is 5.73. The van der Waals surface area contributed by atoms with E-state index < -0.39 is 0 Å². The molecule has 0 saturated heterocycles. The fourth-order valence-corrected chi connectivity index (χ4v) is 1.92. The maximum atomic E-state index is 11.8. The normalized spacial score (nSPS) is 11.6. The van der Waals surface area contributed by atoms with Gasteiger partial charge in [0.2, 0.25) is 5.91 Å². The Labute approximate surface area is 123 Å². The van der Waals surface area contributed by atoms with Crippen LogP contribution in [-0.2, 0) is 11.3 Å². The smallest absolute Gasteiger partial charge is 0.222 e. The molecule has 0 aliphatic carbocycles. The van der Waals surface area contributed by atoms with E-state index in [-0.39, 0.29) is 24.4 Å². The molecule has 0 fully saturated rings. The molecule has 1 rings (SSSR count). The van der Waals surface area contributed by atoms with Crippen LogP contribution in [0.25, 0.3) is 0 Å². The minimum absolute atomic E-state index is 0. The quantitative estimate of drug-likeness (QED) is 0.899. The molecule has 0 saturated carbocycles. The van der Waals surface area contributed by atoms with Crippen molar-refractivity contribution < 1.29 is 4.79 Å². The van der Waals surface area contributed by atoms with Crippen LogP contribution in [0.15, 0.2) is 28.7 Å². The number of hydrogen-bond acceptors (Lipinski definition) is 2. The second-order valence-corrected chi connectivity index (χ2v) is 5.21. The second kappa shape index (κ2) is 8.51. The lowest BCUT2D eigenvalue weighted by atomic mass is 10.1. The summed E-state index contributed by atoms with van der Waals surface area (Å²) in [6, 6.07) is 8.01. The number of halogens is 2. The largest absolute Gasteiger partial charge is 0.341 e. The van der Waals surface area contributed by atoms with Crippen molar-refractivity contribution in [2.24, 2.45) is 5.73 Å². The van der Waals surface area contributed by atoms with Crippen LogP contribution < -0.4 is 5.73 Å². The van der Waals surface area contributed by atoms with Gasteiger partial charge in [0.05, 0.1) is 0 Å². The van der Waals surface area contributed by atoms with Gasteiger partial charge in [0.25, 0.3) is 0 Å². The summed E-state index contributed by atoms with van der Waals surface area (Å²) in [5.74, 6) is 0.137. The molecule has 1 atom stereocenters. The van der Waals surface area contributed by atoms with Crippen molar-refractivity contribution in [3.63, 3.8) is 0 Å².